The van der Waals surface area contributed by atoms with E-state index in [1.54, 1.807) is 24.3 Å². The molecular formula is C16H18O2. The van der Waals surface area contributed by atoms with Crippen molar-refractivity contribution in [3.05, 3.63) is 59.7 Å². The first kappa shape index (κ1) is 12.5. The van der Waals surface area contributed by atoms with Crippen molar-refractivity contribution in [1.82, 2.24) is 0 Å². The van der Waals surface area contributed by atoms with E-state index >= 15 is 0 Å². The molecule has 2 aromatic carbocycles. The maximum absolute atomic E-state index is 9.17. The van der Waals surface area contributed by atoms with E-state index in [4.69, 9.17) is 9.84 Å². The molecule has 2 nitrogen and oxygen atoms in total. The lowest BCUT2D eigenvalue weighted by molar-refractivity contribution is 0.305. The third kappa shape index (κ3) is 3.27. The molecule has 0 aliphatic heterocycles. The Kier molecular flexibility index (Phi) is 3.88. The van der Waals surface area contributed by atoms with Crippen molar-refractivity contribution < 1.29 is 9.84 Å². The number of ether oxygens (including phenoxy) is 1. The molecule has 0 amide bonds. The summed E-state index contributed by atoms with van der Waals surface area (Å²) in [6.45, 7) is 4.91. The Morgan fingerprint density at radius 2 is 1.56 bits per heavy atom. The van der Waals surface area contributed by atoms with Crippen molar-refractivity contribution >= 4 is 0 Å². The second-order valence-electron chi connectivity index (χ2n) is 4.68. The topological polar surface area (TPSA) is 29.5 Å². The molecule has 18 heavy (non-hydrogen) atoms. The fraction of sp³-hybridized carbons (Fsp3) is 0.250. The van der Waals surface area contributed by atoms with Crippen LogP contribution in [0.1, 0.15) is 30.9 Å². The highest BCUT2D eigenvalue weighted by molar-refractivity contribution is 5.30. The van der Waals surface area contributed by atoms with Gasteiger partial charge in [0, 0.05) is 0 Å². The van der Waals surface area contributed by atoms with Crippen LogP contribution in [-0.4, -0.2) is 5.11 Å². The summed E-state index contributed by atoms with van der Waals surface area (Å²) in [7, 11) is 0. The van der Waals surface area contributed by atoms with E-state index in [0.29, 0.717) is 12.5 Å². The van der Waals surface area contributed by atoms with Crippen LogP contribution in [0.2, 0.25) is 0 Å². The van der Waals surface area contributed by atoms with E-state index in [-0.39, 0.29) is 5.75 Å². The summed E-state index contributed by atoms with van der Waals surface area (Å²) in [6, 6.07) is 15.2. The minimum absolute atomic E-state index is 0.253. The third-order valence-corrected chi connectivity index (χ3v) is 2.89. The molecule has 94 valence electrons. The molecular weight excluding hydrogens is 224 g/mol. The van der Waals surface area contributed by atoms with Crippen molar-refractivity contribution in [2.45, 2.75) is 26.4 Å². The molecule has 0 saturated carbocycles. The first-order valence-electron chi connectivity index (χ1n) is 6.16. The molecule has 0 radical (unpaired) electrons. The van der Waals surface area contributed by atoms with Gasteiger partial charge in [0.25, 0.3) is 0 Å². The normalized spacial score (nSPS) is 10.6. The van der Waals surface area contributed by atoms with Gasteiger partial charge in [0.1, 0.15) is 18.1 Å². The third-order valence-electron chi connectivity index (χ3n) is 2.89. The monoisotopic (exact) mass is 242 g/mol. The van der Waals surface area contributed by atoms with Crippen LogP contribution in [0, 0.1) is 0 Å². The average Bonchev–Trinajstić information content (AvgIpc) is 2.38. The van der Waals surface area contributed by atoms with Gasteiger partial charge in [-0.15, -0.1) is 0 Å². The highest BCUT2D eigenvalue weighted by atomic mass is 16.5. The maximum Gasteiger partial charge on any atom is 0.120 e. The highest BCUT2D eigenvalue weighted by Crippen LogP contribution is 2.18. The van der Waals surface area contributed by atoms with Crippen LogP contribution in [0.25, 0.3) is 0 Å². The predicted molar refractivity (Wildman–Crippen MR) is 73.0 cm³/mol. The Labute approximate surface area is 108 Å². The van der Waals surface area contributed by atoms with Crippen molar-refractivity contribution in [2.75, 3.05) is 0 Å². The second-order valence-corrected chi connectivity index (χ2v) is 4.68. The molecule has 0 aliphatic rings. The number of benzene rings is 2. The summed E-state index contributed by atoms with van der Waals surface area (Å²) in [6.07, 6.45) is 0. The van der Waals surface area contributed by atoms with Crippen molar-refractivity contribution in [1.29, 1.82) is 0 Å². The molecule has 0 atom stereocenters. The van der Waals surface area contributed by atoms with Gasteiger partial charge in [-0.05, 0) is 41.3 Å². The summed E-state index contributed by atoms with van der Waals surface area (Å²) in [4.78, 5) is 0. The quantitative estimate of drug-likeness (QED) is 0.874. The number of phenolic OH excluding ortho intramolecular Hbond substituents is 1. The van der Waals surface area contributed by atoms with E-state index in [0.717, 1.165) is 11.3 Å². The predicted octanol–water partition coefficient (Wildman–Crippen LogP) is 4.09. The number of phenols is 1. The van der Waals surface area contributed by atoms with Gasteiger partial charge in [0.05, 0.1) is 0 Å². The van der Waals surface area contributed by atoms with Crippen molar-refractivity contribution in [3.63, 3.8) is 0 Å². The van der Waals surface area contributed by atoms with Gasteiger partial charge in [0.2, 0.25) is 0 Å². The number of hydrogen-bond donors (Lipinski definition) is 1. The van der Waals surface area contributed by atoms with Gasteiger partial charge >= 0.3 is 0 Å². The Balaban J connectivity index is 1.95. The lowest BCUT2D eigenvalue weighted by Crippen LogP contribution is -1.96. The lowest BCUT2D eigenvalue weighted by Gasteiger charge is -2.08. The summed E-state index contributed by atoms with van der Waals surface area (Å²) in [5.41, 5.74) is 2.48. The van der Waals surface area contributed by atoms with Gasteiger partial charge < -0.3 is 9.84 Å². The average molecular weight is 242 g/mol. The van der Waals surface area contributed by atoms with Crippen LogP contribution in [0.15, 0.2) is 48.5 Å². The molecule has 0 unspecified atom stereocenters. The smallest absolute Gasteiger partial charge is 0.120 e. The Bertz CT molecular complexity index is 484. The van der Waals surface area contributed by atoms with Crippen LogP contribution in [0.3, 0.4) is 0 Å². The van der Waals surface area contributed by atoms with E-state index in [1.807, 2.05) is 0 Å². The molecule has 0 aliphatic carbocycles. The largest absolute Gasteiger partial charge is 0.508 e. The van der Waals surface area contributed by atoms with Crippen LogP contribution < -0.4 is 4.74 Å². The Morgan fingerprint density at radius 3 is 2.11 bits per heavy atom. The van der Waals surface area contributed by atoms with Gasteiger partial charge in [-0.2, -0.15) is 0 Å². The van der Waals surface area contributed by atoms with E-state index in [1.165, 1.54) is 5.56 Å². The second kappa shape index (κ2) is 5.58. The van der Waals surface area contributed by atoms with Crippen molar-refractivity contribution in [3.8, 4) is 11.5 Å². The summed E-state index contributed by atoms with van der Waals surface area (Å²) >= 11 is 0. The minimum Gasteiger partial charge on any atom is -0.508 e. The molecule has 0 spiro atoms. The zero-order chi connectivity index (χ0) is 13.0. The number of aromatic hydroxyl groups is 1. The first-order chi connectivity index (χ1) is 8.65. The maximum atomic E-state index is 9.17. The van der Waals surface area contributed by atoms with Crippen LogP contribution in [0.5, 0.6) is 11.5 Å². The lowest BCUT2D eigenvalue weighted by atomic mass is 10.0. The van der Waals surface area contributed by atoms with Gasteiger partial charge in [-0.3, -0.25) is 0 Å². The van der Waals surface area contributed by atoms with Gasteiger partial charge in [-0.1, -0.05) is 38.1 Å². The van der Waals surface area contributed by atoms with Crippen LogP contribution in [-0.2, 0) is 6.61 Å². The molecule has 0 aromatic heterocycles. The van der Waals surface area contributed by atoms with Gasteiger partial charge in [-0.25, -0.2) is 0 Å². The van der Waals surface area contributed by atoms with E-state index < -0.39 is 0 Å². The first-order valence-corrected chi connectivity index (χ1v) is 6.16. The molecule has 0 bridgehead atoms. The Morgan fingerprint density at radius 1 is 0.944 bits per heavy atom. The summed E-state index contributed by atoms with van der Waals surface area (Å²) < 4.78 is 5.64. The standard InChI is InChI=1S/C16H18O2/c1-12(2)14-5-3-13(4-6-14)11-18-16-9-7-15(17)8-10-16/h3-10,12,17H,11H2,1-2H3. The molecule has 0 heterocycles. The molecule has 0 saturated heterocycles. The molecule has 0 fully saturated rings. The van der Waals surface area contributed by atoms with E-state index in [9.17, 15) is 0 Å². The number of hydrogen-bond acceptors (Lipinski definition) is 2. The SMILES string of the molecule is CC(C)c1ccc(COc2ccc(O)cc2)cc1. The van der Waals surface area contributed by atoms with E-state index in [2.05, 4.69) is 38.1 Å². The summed E-state index contributed by atoms with van der Waals surface area (Å²) in [5, 5.41) is 9.17. The minimum atomic E-state index is 0.253. The fourth-order valence-corrected chi connectivity index (χ4v) is 1.71. The fourth-order valence-electron chi connectivity index (χ4n) is 1.71. The van der Waals surface area contributed by atoms with Crippen molar-refractivity contribution in [2.24, 2.45) is 0 Å². The molecule has 2 aromatic rings. The molecule has 2 rings (SSSR count). The zero-order valence-corrected chi connectivity index (χ0v) is 10.8. The summed E-state index contributed by atoms with van der Waals surface area (Å²) in [5.74, 6) is 1.57. The molecule has 2 heteroatoms. The Hall–Kier alpha value is -1.96. The van der Waals surface area contributed by atoms with Gasteiger partial charge in [0.15, 0.2) is 0 Å². The number of rotatable bonds is 4. The highest BCUT2D eigenvalue weighted by Gasteiger charge is 2.00. The van der Waals surface area contributed by atoms with Crippen LogP contribution >= 0.6 is 0 Å². The zero-order valence-electron chi connectivity index (χ0n) is 10.8. The molecule has 1 N–H and O–H groups in total. The van der Waals surface area contributed by atoms with Crippen LogP contribution in [0.4, 0.5) is 0 Å².